The van der Waals surface area contributed by atoms with Gasteiger partial charge in [0.25, 0.3) is 0 Å². The first-order chi connectivity index (χ1) is 18.6. The monoisotopic (exact) mass is 549 g/mol. The van der Waals surface area contributed by atoms with Crippen LogP contribution in [0.5, 0.6) is 0 Å². The van der Waals surface area contributed by atoms with Gasteiger partial charge in [-0.1, -0.05) is 78.4 Å². The van der Waals surface area contributed by atoms with E-state index in [0.717, 1.165) is 16.7 Å². The molecule has 39 heavy (non-hydrogen) atoms. The minimum absolute atomic E-state index is 0.0797. The van der Waals surface area contributed by atoms with Gasteiger partial charge in [0.2, 0.25) is 21.8 Å². The van der Waals surface area contributed by atoms with Crippen LogP contribution in [0.15, 0.2) is 89.8 Å². The van der Waals surface area contributed by atoms with E-state index < -0.39 is 16.1 Å². The highest BCUT2D eigenvalue weighted by Gasteiger charge is 2.31. The third-order valence-electron chi connectivity index (χ3n) is 6.49. The van der Waals surface area contributed by atoms with Crippen molar-refractivity contribution in [2.45, 2.75) is 63.6 Å². The van der Waals surface area contributed by atoms with E-state index in [4.69, 9.17) is 0 Å². The summed E-state index contributed by atoms with van der Waals surface area (Å²) < 4.78 is 27.1. The van der Waals surface area contributed by atoms with Gasteiger partial charge >= 0.3 is 0 Å². The molecule has 3 aromatic carbocycles. The van der Waals surface area contributed by atoms with Crippen LogP contribution in [0.25, 0.3) is 0 Å². The number of nitrogens with one attached hydrogen (secondary N) is 1. The summed E-state index contributed by atoms with van der Waals surface area (Å²) in [6, 6.07) is 25.0. The SMILES string of the molecule is Cc1ccc(CN(C(=O)CCCN(C)S(=O)(=O)c2ccccc2)[C@H](Cc2ccccc2)C(=O)NC(C)C)cc1. The predicted molar refractivity (Wildman–Crippen MR) is 154 cm³/mol. The van der Waals surface area contributed by atoms with E-state index in [2.05, 4.69) is 5.32 Å². The first-order valence-electron chi connectivity index (χ1n) is 13.3. The number of hydrogen-bond acceptors (Lipinski definition) is 4. The Labute approximate surface area is 232 Å². The molecule has 8 heteroatoms. The zero-order valence-corrected chi connectivity index (χ0v) is 24.0. The van der Waals surface area contributed by atoms with Gasteiger partial charge < -0.3 is 10.2 Å². The number of benzene rings is 3. The molecule has 0 aliphatic rings. The molecule has 2 amide bonds. The predicted octanol–water partition coefficient (Wildman–Crippen LogP) is 4.56. The van der Waals surface area contributed by atoms with Gasteiger partial charge in [-0.2, -0.15) is 0 Å². The lowest BCUT2D eigenvalue weighted by Crippen LogP contribution is -2.51. The summed E-state index contributed by atoms with van der Waals surface area (Å²) in [6.45, 7) is 6.25. The van der Waals surface area contributed by atoms with Crippen molar-refractivity contribution in [3.63, 3.8) is 0 Å². The largest absolute Gasteiger partial charge is 0.352 e. The zero-order valence-electron chi connectivity index (χ0n) is 23.2. The maximum absolute atomic E-state index is 13.7. The average molecular weight is 550 g/mol. The molecule has 7 nitrogen and oxygen atoms in total. The summed E-state index contributed by atoms with van der Waals surface area (Å²) in [5.41, 5.74) is 2.99. The van der Waals surface area contributed by atoms with Crippen LogP contribution in [0.3, 0.4) is 0 Å². The molecule has 0 bridgehead atoms. The van der Waals surface area contributed by atoms with Crippen LogP contribution in [0.4, 0.5) is 0 Å². The van der Waals surface area contributed by atoms with E-state index in [1.54, 1.807) is 35.2 Å². The lowest BCUT2D eigenvalue weighted by molar-refractivity contribution is -0.141. The second-order valence-corrected chi connectivity index (χ2v) is 12.2. The average Bonchev–Trinajstić information content (AvgIpc) is 2.92. The fourth-order valence-corrected chi connectivity index (χ4v) is 5.54. The van der Waals surface area contributed by atoms with Gasteiger partial charge in [0.15, 0.2) is 0 Å². The number of hydrogen-bond donors (Lipinski definition) is 1. The van der Waals surface area contributed by atoms with Gasteiger partial charge in [-0.3, -0.25) is 9.59 Å². The Hall–Kier alpha value is -3.49. The standard InChI is InChI=1S/C31H39N3O4S/c1-24(2)32-31(36)29(22-26-12-7-5-8-13-26)34(23-27-19-17-25(3)18-20-27)30(35)16-11-21-33(4)39(37,38)28-14-9-6-10-15-28/h5-10,12-15,17-20,24,29H,11,16,21-23H2,1-4H3,(H,32,36)/t29-/m1/s1. The molecule has 3 rings (SSSR count). The van der Waals surface area contributed by atoms with Crippen molar-refractivity contribution in [3.05, 3.63) is 102 Å². The quantitative estimate of drug-likeness (QED) is 0.339. The summed E-state index contributed by atoms with van der Waals surface area (Å²) in [5.74, 6) is -0.404. The Morgan fingerprint density at radius 1 is 0.846 bits per heavy atom. The van der Waals surface area contributed by atoms with Crippen molar-refractivity contribution in [1.82, 2.24) is 14.5 Å². The maximum atomic E-state index is 13.7. The minimum Gasteiger partial charge on any atom is -0.352 e. The van der Waals surface area contributed by atoms with Crippen LogP contribution in [0.1, 0.15) is 43.4 Å². The number of rotatable bonds is 13. The van der Waals surface area contributed by atoms with Gasteiger partial charge in [-0.25, -0.2) is 12.7 Å². The van der Waals surface area contributed by atoms with Crippen molar-refractivity contribution in [2.24, 2.45) is 0 Å². The van der Waals surface area contributed by atoms with E-state index in [-0.39, 0.29) is 42.3 Å². The van der Waals surface area contributed by atoms with Crippen molar-refractivity contribution < 1.29 is 18.0 Å². The van der Waals surface area contributed by atoms with Crippen molar-refractivity contribution in [1.29, 1.82) is 0 Å². The normalized spacial score (nSPS) is 12.4. The van der Waals surface area contributed by atoms with Gasteiger partial charge in [0.05, 0.1) is 4.90 Å². The van der Waals surface area contributed by atoms with E-state index in [0.29, 0.717) is 12.8 Å². The molecule has 0 aromatic heterocycles. The second-order valence-electron chi connectivity index (χ2n) is 10.1. The zero-order chi connectivity index (χ0) is 28.4. The lowest BCUT2D eigenvalue weighted by Gasteiger charge is -2.32. The van der Waals surface area contributed by atoms with Gasteiger partial charge in [-0.05, 0) is 50.5 Å². The number of sulfonamides is 1. The van der Waals surface area contributed by atoms with E-state index in [1.165, 1.54) is 11.4 Å². The molecule has 0 saturated heterocycles. The van der Waals surface area contributed by atoms with E-state index in [9.17, 15) is 18.0 Å². The van der Waals surface area contributed by atoms with Crippen molar-refractivity contribution in [3.8, 4) is 0 Å². The third-order valence-corrected chi connectivity index (χ3v) is 8.36. The first kappa shape index (κ1) is 30.1. The lowest BCUT2D eigenvalue weighted by atomic mass is 10.0. The molecule has 0 saturated carbocycles. The Bertz CT molecular complexity index is 1310. The summed E-state index contributed by atoms with van der Waals surface area (Å²) in [4.78, 5) is 29.0. The van der Waals surface area contributed by atoms with Gasteiger partial charge in [0, 0.05) is 39.0 Å². The van der Waals surface area contributed by atoms with Crippen LogP contribution in [0.2, 0.25) is 0 Å². The van der Waals surface area contributed by atoms with Gasteiger partial charge in [-0.15, -0.1) is 0 Å². The van der Waals surface area contributed by atoms with Crippen LogP contribution >= 0.6 is 0 Å². The molecule has 0 radical (unpaired) electrons. The number of carbonyl (C=O) groups is 2. The Kier molecular flexibility index (Phi) is 10.8. The minimum atomic E-state index is -3.65. The topological polar surface area (TPSA) is 86.8 Å². The van der Waals surface area contributed by atoms with Crippen molar-refractivity contribution >= 4 is 21.8 Å². The molecule has 1 atom stereocenters. The molecule has 0 fully saturated rings. The second kappa shape index (κ2) is 14.1. The smallest absolute Gasteiger partial charge is 0.243 e. The molecule has 0 aliphatic carbocycles. The Morgan fingerprint density at radius 2 is 1.44 bits per heavy atom. The van der Waals surface area contributed by atoms with E-state index in [1.807, 2.05) is 75.4 Å². The Balaban J connectivity index is 1.81. The molecule has 0 unspecified atom stereocenters. The number of carbonyl (C=O) groups excluding carboxylic acids is 2. The molecule has 0 spiro atoms. The molecule has 1 N–H and O–H groups in total. The third kappa shape index (κ3) is 8.76. The number of amides is 2. The summed E-state index contributed by atoms with van der Waals surface area (Å²) in [7, 11) is -2.13. The van der Waals surface area contributed by atoms with Gasteiger partial charge in [0.1, 0.15) is 6.04 Å². The summed E-state index contributed by atoms with van der Waals surface area (Å²) in [6.07, 6.45) is 0.815. The molecule has 0 aliphatic heterocycles. The fraction of sp³-hybridized carbons (Fsp3) is 0.355. The number of aryl methyl sites for hydroxylation is 1. The Morgan fingerprint density at radius 3 is 2.03 bits per heavy atom. The van der Waals surface area contributed by atoms with Crippen LogP contribution in [-0.4, -0.2) is 55.1 Å². The summed E-state index contributed by atoms with van der Waals surface area (Å²) in [5, 5.41) is 2.99. The molecule has 3 aromatic rings. The fourth-order valence-electron chi connectivity index (χ4n) is 4.31. The van der Waals surface area contributed by atoms with Crippen molar-refractivity contribution in [2.75, 3.05) is 13.6 Å². The maximum Gasteiger partial charge on any atom is 0.243 e. The highest BCUT2D eigenvalue weighted by Crippen LogP contribution is 2.18. The van der Waals surface area contributed by atoms with Crippen LogP contribution < -0.4 is 5.32 Å². The van der Waals surface area contributed by atoms with Crippen LogP contribution in [0, 0.1) is 6.92 Å². The highest BCUT2D eigenvalue weighted by molar-refractivity contribution is 7.89. The number of nitrogens with zero attached hydrogens (tertiary/aromatic N) is 2. The summed E-state index contributed by atoms with van der Waals surface area (Å²) >= 11 is 0. The molecular weight excluding hydrogens is 510 g/mol. The molecule has 0 heterocycles. The van der Waals surface area contributed by atoms with Crippen LogP contribution in [-0.2, 0) is 32.6 Å². The molecule has 208 valence electrons. The van der Waals surface area contributed by atoms with E-state index >= 15 is 0 Å². The highest BCUT2D eigenvalue weighted by atomic mass is 32.2. The first-order valence-corrected chi connectivity index (χ1v) is 14.7. The molecular formula is C31H39N3O4S.